The maximum absolute atomic E-state index is 9.67. The Kier molecular flexibility index (Phi) is 2.62. The van der Waals surface area contributed by atoms with E-state index >= 15 is 0 Å². The number of halogens is 2. The van der Waals surface area contributed by atoms with Crippen molar-refractivity contribution < 1.29 is 5.11 Å². The van der Waals surface area contributed by atoms with Crippen LogP contribution >= 0.6 is 43.2 Å². The third-order valence-corrected chi connectivity index (χ3v) is 4.45. The molecule has 0 spiro atoms. The molecule has 0 aliphatic heterocycles. The average molecular weight is 322 g/mol. The SMILES string of the molecule is Oc1cc(CBr)cc2c(Br)csc12. The fourth-order valence-electron chi connectivity index (χ4n) is 1.22. The molecule has 1 nitrogen and oxygen atoms in total. The molecular formula is C9H6Br2OS. The van der Waals surface area contributed by atoms with Gasteiger partial charge >= 0.3 is 0 Å². The van der Waals surface area contributed by atoms with E-state index in [1.54, 1.807) is 17.4 Å². The smallest absolute Gasteiger partial charge is 0.133 e. The van der Waals surface area contributed by atoms with Crippen LogP contribution in [0.1, 0.15) is 5.56 Å². The van der Waals surface area contributed by atoms with Gasteiger partial charge in [-0.1, -0.05) is 15.9 Å². The molecule has 2 rings (SSSR count). The highest BCUT2D eigenvalue weighted by atomic mass is 79.9. The highest BCUT2D eigenvalue weighted by Crippen LogP contribution is 2.37. The molecule has 0 aliphatic rings. The molecule has 0 atom stereocenters. The van der Waals surface area contributed by atoms with Crippen LogP contribution in [0.25, 0.3) is 10.1 Å². The molecule has 13 heavy (non-hydrogen) atoms. The zero-order valence-corrected chi connectivity index (χ0v) is 10.5. The molecule has 0 unspecified atom stereocenters. The molecule has 1 N–H and O–H groups in total. The Morgan fingerprint density at radius 2 is 2.15 bits per heavy atom. The first kappa shape index (κ1) is 9.49. The highest BCUT2D eigenvalue weighted by molar-refractivity contribution is 9.10. The highest BCUT2D eigenvalue weighted by Gasteiger charge is 2.07. The van der Waals surface area contributed by atoms with Gasteiger partial charge in [-0.3, -0.25) is 0 Å². The van der Waals surface area contributed by atoms with Crippen molar-refractivity contribution in [2.24, 2.45) is 0 Å². The topological polar surface area (TPSA) is 20.2 Å². The van der Waals surface area contributed by atoms with Crippen LogP contribution in [0.15, 0.2) is 22.0 Å². The van der Waals surface area contributed by atoms with E-state index in [1.165, 1.54) is 0 Å². The number of phenolic OH excluding ortho intramolecular Hbond substituents is 1. The van der Waals surface area contributed by atoms with Crippen molar-refractivity contribution in [3.05, 3.63) is 27.5 Å². The molecule has 0 saturated heterocycles. The van der Waals surface area contributed by atoms with Crippen molar-refractivity contribution in [2.75, 3.05) is 0 Å². The van der Waals surface area contributed by atoms with E-state index < -0.39 is 0 Å². The van der Waals surface area contributed by atoms with Gasteiger partial charge in [-0.15, -0.1) is 11.3 Å². The van der Waals surface area contributed by atoms with Gasteiger partial charge in [-0.2, -0.15) is 0 Å². The Hall–Kier alpha value is -0.0600. The summed E-state index contributed by atoms with van der Waals surface area (Å²) in [6.45, 7) is 0. The van der Waals surface area contributed by atoms with Crippen LogP contribution < -0.4 is 0 Å². The molecule has 1 heterocycles. The van der Waals surface area contributed by atoms with Crippen molar-refractivity contribution >= 4 is 53.3 Å². The van der Waals surface area contributed by atoms with Gasteiger partial charge in [0.05, 0.1) is 4.70 Å². The van der Waals surface area contributed by atoms with Crippen molar-refractivity contribution in [1.29, 1.82) is 0 Å². The first-order chi connectivity index (χ1) is 6.22. The van der Waals surface area contributed by atoms with Gasteiger partial charge in [-0.25, -0.2) is 0 Å². The number of fused-ring (bicyclic) bond motifs is 1. The molecule has 4 heteroatoms. The molecule has 2 aromatic rings. The van der Waals surface area contributed by atoms with Gasteiger partial charge in [-0.05, 0) is 33.6 Å². The lowest BCUT2D eigenvalue weighted by Crippen LogP contribution is -1.76. The van der Waals surface area contributed by atoms with Crippen molar-refractivity contribution in [3.63, 3.8) is 0 Å². The van der Waals surface area contributed by atoms with Gasteiger partial charge in [0.1, 0.15) is 5.75 Å². The van der Waals surface area contributed by atoms with E-state index in [9.17, 15) is 5.11 Å². The Balaban J connectivity index is 2.80. The van der Waals surface area contributed by atoms with E-state index in [2.05, 4.69) is 37.9 Å². The van der Waals surface area contributed by atoms with E-state index in [-0.39, 0.29) is 0 Å². The summed E-state index contributed by atoms with van der Waals surface area (Å²) in [5.74, 6) is 0.364. The summed E-state index contributed by atoms with van der Waals surface area (Å²) in [5.41, 5.74) is 1.09. The summed E-state index contributed by atoms with van der Waals surface area (Å²) in [4.78, 5) is 0. The molecule has 0 amide bonds. The normalized spacial score (nSPS) is 10.9. The standard InChI is InChI=1S/C9H6Br2OS/c10-3-5-1-6-7(11)4-13-9(6)8(12)2-5/h1-2,4,12H,3H2. The minimum absolute atomic E-state index is 0.364. The minimum Gasteiger partial charge on any atom is -0.506 e. The Morgan fingerprint density at radius 3 is 2.85 bits per heavy atom. The number of rotatable bonds is 1. The van der Waals surface area contributed by atoms with Gasteiger partial charge in [0.2, 0.25) is 0 Å². The van der Waals surface area contributed by atoms with Crippen molar-refractivity contribution in [1.82, 2.24) is 0 Å². The number of thiophene rings is 1. The summed E-state index contributed by atoms with van der Waals surface area (Å²) in [7, 11) is 0. The molecular weight excluding hydrogens is 316 g/mol. The van der Waals surface area contributed by atoms with Gasteiger partial charge in [0, 0.05) is 20.6 Å². The second kappa shape index (κ2) is 3.59. The lowest BCUT2D eigenvalue weighted by molar-refractivity contribution is 0.482. The number of phenols is 1. The minimum atomic E-state index is 0.364. The van der Waals surface area contributed by atoms with Crippen LogP contribution in [0.2, 0.25) is 0 Å². The number of alkyl halides is 1. The van der Waals surface area contributed by atoms with Crippen LogP contribution in [0, 0.1) is 0 Å². The molecule has 0 bridgehead atoms. The fourth-order valence-corrected chi connectivity index (χ4v) is 3.10. The van der Waals surface area contributed by atoms with Gasteiger partial charge in [0.25, 0.3) is 0 Å². The Bertz CT molecular complexity index is 450. The van der Waals surface area contributed by atoms with Gasteiger partial charge < -0.3 is 5.11 Å². The molecule has 1 aromatic heterocycles. The van der Waals surface area contributed by atoms with Crippen molar-refractivity contribution in [3.8, 4) is 5.75 Å². The van der Waals surface area contributed by atoms with Crippen LogP contribution in [-0.2, 0) is 5.33 Å². The molecule has 0 radical (unpaired) electrons. The number of aromatic hydroxyl groups is 1. The largest absolute Gasteiger partial charge is 0.506 e. The molecule has 0 fully saturated rings. The van der Waals surface area contributed by atoms with E-state index in [0.717, 1.165) is 25.5 Å². The zero-order valence-electron chi connectivity index (χ0n) is 6.55. The molecule has 0 saturated carbocycles. The Morgan fingerprint density at radius 1 is 1.38 bits per heavy atom. The zero-order chi connectivity index (χ0) is 9.42. The number of hydrogen-bond acceptors (Lipinski definition) is 2. The van der Waals surface area contributed by atoms with E-state index in [4.69, 9.17) is 0 Å². The predicted octanol–water partition coefficient (Wildman–Crippen LogP) is 4.26. The summed E-state index contributed by atoms with van der Waals surface area (Å²) in [5, 5.41) is 13.5. The van der Waals surface area contributed by atoms with E-state index in [0.29, 0.717) is 5.75 Å². The molecule has 68 valence electrons. The maximum atomic E-state index is 9.67. The van der Waals surface area contributed by atoms with Crippen LogP contribution in [0.4, 0.5) is 0 Å². The van der Waals surface area contributed by atoms with Crippen LogP contribution in [0.3, 0.4) is 0 Å². The predicted molar refractivity (Wildman–Crippen MR) is 63.8 cm³/mol. The first-order valence-electron chi connectivity index (χ1n) is 3.67. The number of hydrogen-bond donors (Lipinski definition) is 1. The Labute approximate surface area is 96.6 Å². The summed E-state index contributed by atoms with van der Waals surface area (Å²) in [6.07, 6.45) is 0. The lowest BCUT2D eigenvalue weighted by atomic mass is 10.2. The quantitative estimate of drug-likeness (QED) is 0.778. The van der Waals surface area contributed by atoms with Crippen molar-refractivity contribution in [2.45, 2.75) is 5.33 Å². The second-order valence-corrected chi connectivity index (χ2v) is 5.00. The molecule has 0 aliphatic carbocycles. The number of benzene rings is 1. The van der Waals surface area contributed by atoms with Crippen LogP contribution in [-0.4, -0.2) is 5.11 Å². The van der Waals surface area contributed by atoms with Crippen LogP contribution in [0.5, 0.6) is 5.75 Å². The molecule has 1 aromatic carbocycles. The maximum Gasteiger partial charge on any atom is 0.133 e. The third-order valence-electron chi connectivity index (χ3n) is 1.82. The van der Waals surface area contributed by atoms with Gasteiger partial charge in [0.15, 0.2) is 0 Å². The lowest BCUT2D eigenvalue weighted by Gasteiger charge is -1.99. The second-order valence-electron chi connectivity index (χ2n) is 2.71. The summed E-state index contributed by atoms with van der Waals surface area (Å²) < 4.78 is 1.99. The monoisotopic (exact) mass is 320 g/mol. The first-order valence-corrected chi connectivity index (χ1v) is 6.46. The summed E-state index contributed by atoms with van der Waals surface area (Å²) >= 11 is 8.36. The van der Waals surface area contributed by atoms with E-state index in [1.807, 2.05) is 5.38 Å². The third kappa shape index (κ3) is 1.63. The summed E-state index contributed by atoms with van der Waals surface area (Å²) in [6, 6.07) is 3.87. The average Bonchev–Trinajstić information content (AvgIpc) is 2.48. The fraction of sp³-hybridized carbons (Fsp3) is 0.111.